The summed E-state index contributed by atoms with van der Waals surface area (Å²) in [5.41, 5.74) is 0.939. The Bertz CT molecular complexity index is 297. The molecule has 0 aliphatic carbocycles. The van der Waals surface area contributed by atoms with E-state index in [9.17, 15) is 4.57 Å². The Labute approximate surface area is 84.3 Å². The van der Waals surface area contributed by atoms with Crippen LogP contribution < -0.4 is 0 Å². The summed E-state index contributed by atoms with van der Waals surface area (Å²) in [6.45, 7) is 0. The van der Waals surface area contributed by atoms with Gasteiger partial charge in [0.1, 0.15) is 0 Å². The molecule has 14 heavy (non-hydrogen) atoms. The van der Waals surface area contributed by atoms with E-state index in [1.165, 1.54) is 0 Å². The van der Waals surface area contributed by atoms with Crippen LogP contribution in [0.5, 0.6) is 0 Å². The molecule has 0 saturated heterocycles. The maximum Gasteiger partial charge on any atom is 0.327 e. The Morgan fingerprint density at radius 2 is 2.14 bits per heavy atom. The highest BCUT2D eigenvalue weighted by Gasteiger charge is 2.09. The summed E-state index contributed by atoms with van der Waals surface area (Å²) in [7, 11) is -0.351. The smallest absolute Gasteiger partial charge is 0.327 e. The van der Waals surface area contributed by atoms with Crippen LogP contribution in [-0.2, 0) is 9.09 Å². The zero-order chi connectivity index (χ0) is 10.2. The molecule has 0 heterocycles. The van der Waals surface area contributed by atoms with Crippen molar-refractivity contribution in [1.82, 2.24) is 0 Å². The van der Waals surface area contributed by atoms with Crippen LogP contribution in [-0.4, -0.2) is 5.11 Å². The fourth-order valence-electron chi connectivity index (χ4n) is 1.14. The van der Waals surface area contributed by atoms with Crippen molar-refractivity contribution < 1.29 is 14.2 Å². The van der Waals surface area contributed by atoms with Gasteiger partial charge in [-0.25, -0.2) is 4.57 Å². The van der Waals surface area contributed by atoms with E-state index in [2.05, 4.69) is 0 Å². The molecule has 4 heteroatoms. The molecule has 1 N–H and O–H groups in total. The van der Waals surface area contributed by atoms with Crippen molar-refractivity contribution in [3.8, 4) is 0 Å². The van der Waals surface area contributed by atoms with Gasteiger partial charge in [-0.05, 0) is 11.6 Å². The number of hydrogen-bond donors (Lipinski definition) is 1. The van der Waals surface area contributed by atoms with Crippen LogP contribution in [0.2, 0.25) is 0 Å². The van der Waals surface area contributed by atoms with Gasteiger partial charge >= 0.3 is 8.69 Å². The summed E-state index contributed by atoms with van der Waals surface area (Å²) in [6.07, 6.45) is 2.73. The van der Waals surface area contributed by atoms with Gasteiger partial charge in [0.05, 0.1) is 12.4 Å². The zero-order valence-corrected chi connectivity index (χ0v) is 8.43. The second-order valence-electron chi connectivity index (χ2n) is 2.70. The van der Waals surface area contributed by atoms with Gasteiger partial charge in [0, 0.05) is 6.42 Å². The van der Waals surface area contributed by atoms with Crippen LogP contribution >= 0.6 is 8.69 Å². The van der Waals surface area contributed by atoms with Crippen LogP contribution in [0, 0.1) is 0 Å². The number of rotatable bonds is 5. The number of hydrogen-bond acceptors (Lipinski definition) is 3. The van der Waals surface area contributed by atoms with E-state index in [0.717, 1.165) is 11.8 Å². The summed E-state index contributed by atoms with van der Waals surface area (Å²) in [6, 6.07) is 9.45. The molecule has 0 amide bonds. The second kappa shape index (κ2) is 6.30. The second-order valence-corrected chi connectivity index (χ2v) is 3.06. The van der Waals surface area contributed by atoms with E-state index in [0.29, 0.717) is 6.42 Å². The van der Waals surface area contributed by atoms with E-state index < -0.39 is 0 Å². The minimum Gasteiger partial charge on any atom is -0.516 e. The van der Waals surface area contributed by atoms with Crippen molar-refractivity contribution in [3.63, 3.8) is 0 Å². The lowest BCUT2D eigenvalue weighted by Gasteiger charge is -2.10. The molecular weight excluding hydrogens is 199 g/mol. The number of benzene rings is 1. The molecule has 1 aromatic carbocycles. The molecule has 1 aromatic rings. The Kier molecular flexibility index (Phi) is 4.90. The lowest BCUT2D eigenvalue weighted by Crippen LogP contribution is -1.96. The standard InChI is InChI=1S/C10H11O3P/c11-8-4-7-10(13-14-12)9-5-2-1-3-6-9/h1-6,8,10-11H,7H2. The van der Waals surface area contributed by atoms with E-state index >= 15 is 0 Å². The Hall–Kier alpha value is -1.18. The zero-order valence-electron chi connectivity index (χ0n) is 7.54. The minimum absolute atomic E-state index is 0.279. The largest absolute Gasteiger partial charge is 0.516 e. The van der Waals surface area contributed by atoms with E-state index in [1.54, 1.807) is 6.08 Å². The highest BCUT2D eigenvalue weighted by atomic mass is 31.1. The van der Waals surface area contributed by atoms with Crippen LogP contribution in [0.1, 0.15) is 18.1 Å². The maximum absolute atomic E-state index is 10.3. The summed E-state index contributed by atoms with van der Waals surface area (Å²) < 4.78 is 15.3. The van der Waals surface area contributed by atoms with Gasteiger partial charge in [0.25, 0.3) is 0 Å². The summed E-state index contributed by atoms with van der Waals surface area (Å²) in [5, 5.41) is 8.51. The summed E-state index contributed by atoms with van der Waals surface area (Å²) in [4.78, 5) is 0. The molecule has 0 fully saturated rings. The normalized spacial score (nSPS) is 13.4. The van der Waals surface area contributed by atoms with Gasteiger partial charge in [-0.1, -0.05) is 30.3 Å². The molecule has 0 bridgehead atoms. The van der Waals surface area contributed by atoms with Crippen molar-refractivity contribution in [2.45, 2.75) is 12.5 Å². The van der Waals surface area contributed by atoms with Crippen LogP contribution in [0.3, 0.4) is 0 Å². The van der Waals surface area contributed by atoms with Gasteiger partial charge in [-0.3, -0.25) is 4.52 Å². The van der Waals surface area contributed by atoms with Crippen LogP contribution in [0.15, 0.2) is 42.7 Å². The fraction of sp³-hybridized carbons (Fsp3) is 0.200. The van der Waals surface area contributed by atoms with Crippen molar-refractivity contribution in [3.05, 3.63) is 48.2 Å². The molecular formula is C10H11O3P. The first-order valence-electron chi connectivity index (χ1n) is 4.21. The average Bonchev–Trinajstić information content (AvgIpc) is 2.25. The molecule has 0 aliphatic heterocycles. The van der Waals surface area contributed by atoms with Crippen LogP contribution in [0.25, 0.3) is 0 Å². The average molecular weight is 210 g/mol. The Morgan fingerprint density at radius 3 is 2.71 bits per heavy atom. The predicted molar refractivity (Wildman–Crippen MR) is 54.3 cm³/mol. The molecule has 0 saturated carbocycles. The van der Waals surface area contributed by atoms with Gasteiger partial charge in [0.15, 0.2) is 0 Å². The van der Waals surface area contributed by atoms with Crippen molar-refractivity contribution in [2.75, 3.05) is 0 Å². The highest BCUT2D eigenvalue weighted by Crippen LogP contribution is 2.25. The summed E-state index contributed by atoms with van der Waals surface area (Å²) in [5.74, 6) is 0. The van der Waals surface area contributed by atoms with E-state index in [-0.39, 0.29) is 14.8 Å². The predicted octanol–water partition coefficient (Wildman–Crippen LogP) is 3.41. The lowest BCUT2D eigenvalue weighted by atomic mass is 10.1. The van der Waals surface area contributed by atoms with Gasteiger partial charge in [-0.15, -0.1) is 0 Å². The lowest BCUT2D eigenvalue weighted by molar-refractivity contribution is 0.231. The monoisotopic (exact) mass is 210 g/mol. The van der Waals surface area contributed by atoms with E-state index in [4.69, 9.17) is 9.63 Å². The Balaban J connectivity index is 2.71. The first-order chi connectivity index (χ1) is 6.88. The molecule has 0 aliphatic rings. The molecule has 1 unspecified atom stereocenters. The van der Waals surface area contributed by atoms with Gasteiger partial charge in [-0.2, -0.15) is 0 Å². The SMILES string of the molecule is O=POC(CC=CO)c1ccccc1. The minimum atomic E-state index is -0.351. The third-order valence-corrected chi connectivity index (χ3v) is 2.14. The van der Waals surface area contributed by atoms with E-state index in [1.807, 2.05) is 30.3 Å². The fourth-order valence-corrected chi connectivity index (χ4v) is 1.46. The van der Waals surface area contributed by atoms with Crippen molar-refractivity contribution in [2.24, 2.45) is 0 Å². The van der Waals surface area contributed by atoms with Gasteiger partial charge in [0.2, 0.25) is 0 Å². The number of aliphatic hydroxyl groups excluding tert-OH is 1. The van der Waals surface area contributed by atoms with Gasteiger partial charge < -0.3 is 5.11 Å². The van der Waals surface area contributed by atoms with Crippen molar-refractivity contribution >= 4 is 8.69 Å². The summed E-state index contributed by atoms with van der Waals surface area (Å²) >= 11 is 0. The van der Waals surface area contributed by atoms with Crippen LogP contribution in [0.4, 0.5) is 0 Å². The molecule has 1 atom stereocenters. The molecule has 1 rings (SSSR count). The molecule has 0 aromatic heterocycles. The molecule has 3 nitrogen and oxygen atoms in total. The first kappa shape index (κ1) is 10.9. The Morgan fingerprint density at radius 1 is 1.43 bits per heavy atom. The highest BCUT2D eigenvalue weighted by molar-refractivity contribution is 7.17. The van der Waals surface area contributed by atoms with Crippen molar-refractivity contribution in [1.29, 1.82) is 0 Å². The third-order valence-electron chi connectivity index (χ3n) is 1.80. The quantitative estimate of drug-likeness (QED) is 0.598. The number of aliphatic hydroxyl groups is 1. The molecule has 0 spiro atoms. The molecule has 74 valence electrons. The molecule has 0 radical (unpaired) electrons. The third kappa shape index (κ3) is 3.29. The first-order valence-corrected chi connectivity index (χ1v) is 4.94. The maximum atomic E-state index is 10.3. The topological polar surface area (TPSA) is 46.5 Å².